The van der Waals surface area contributed by atoms with Crippen molar-refractivity contribution in [2.45, 2.75) is 25.4 Å². The molecule has 1 aliphatic carbocycles. The number of benzene rings is 1. The number of thiophene rings is 1. The van der Waals surface area contributed by atoms with Gasteiger partial charge in [0.05, 0.1) is 17.8 Å². The summed E-state index contributed by atoms with van der Waals surface area (Å²) in [5, 5.41) is 5.49. The Bertz CT molecular complexity index is 928. The maximum atomic E-state index is 12.5. The molecule has 1 saturated carbocycles. The van der Waals surface area contributed by atoms with Crippen LogP contribution in [0.2, 0.25) is 0 Å². The summed E-state index contributed by atoms with van der Waals surface area (Å²) in [6, 6.07) is 11.8. The number of hydrogen-bond donors (Lipinski definition) is 1. The Kier molecular flexibility index (Phi) is 3.90. The molecule has 1 fully saturated rings. The van der Waals surface area contributed by atoms with Crippen LogP contribution in [0.5, 0.6) is 0 Å². The highest BCUT2D eigenvalue weighted by atomic mass is 32.1. The summed E-state index contributed by atoms with van der Waals surface area (Å²) in [6.45, 7) is -0.00628. The van der Waals surface area contributed by atoms with Gasteiger partial charge in [-0.15, -0.1) is 11.3 Å². The van der Waals surface area contributed by atoms with Crippen molar-refractivity contribution in [1.82, 2.24) is 14.9 Å². The van der Waals surface area contributed by atoms with Gasteiger partial charge in [0.15, 0.2) is 0 Å². The molecular formula is C18H17N3O2S. The second kappa shape index (κ2) is 6.20. The van der Waals surface area contributed by atoms with E-state index in [0.29, 0.717) is 16.1 Å². The Morgan fingerprint density at radius 1 is 1.29 bits per heavy atom. The van der Waals surface area contributed by atoms with Gasteiger partial charge in [-0.05, 0) is 35.8 Å². The minimum Gasteiger partial charge on any atom is -0.347 e. The number of carbonyl (C=O) groups is 1. The van der Waals surface area contributed by atoms with Crippen molar-refractivity contribution in [2.75, 3.05) is 0 Å². The molecule has 4 rings (SSSR count). The van der Waals surface area contributed by atoms with Crippen LogP contribution in [-0.2, 0) is 11.3 Å². The minimum atomic E-state index is -0.168. The van der Waals surface area contributed by atoms with Crippen LogP contribution in [-0.4, -0.2) is 15.5 Å². The van der Waals surface area contributed by atoms with Crippen molar-refractivity contribution in [3.05, 3.63) is 64.0 Å². The number of aromatic nitrogens is 2. The van der Waals surface area contributed by atoms with E-state index in [1.165, 1.54) is 22.2 Å². The lowest BCUT2D eigenvalue weighted by molar-refractivity contribution is -0.122. The van der Waals surface area contributed by atoms with Gasteiger partial charge in [0, 0.05) is 0 Å². The Hall–Kier alpha value is -2.47. The van der Waals surface area contributed by atoms with Gasteiger partial charge >= 0.3 is 0 Å². The van der Waals surface area contributed by atoms with Crippen LogP contribution in [0, 0.1) is 5.92 Å². The molecule has 1 atom stereocenters. The standard InChI is InChI=1S/C18H17N3O2S/c22-15(10-21-11-19-17-14(18(21)23)8-9-24-17)20-16(13-6-7-13)12-4-2-1-3-5-12/h1-5,8-9,11,13,16H,6-7,10H2,(H,20,22)/t16-/m0/s1. The molecule has 0 aliphatic heterocycles. The van der Waals surface area contributed by atoms with E-state index in [-0.39, 0.29) is 24.1 Å². The van der Waals surface area contributed by atoms with Crippen LogP contribution < -0.4 is 10.9 Å². The van der Waals surface area contributed by atoms with Crippen LogP contribution in [0.1, 0.15) is 24.4 Å². The Balaban J connectivity index is 1.53. The summed E-state index contributed by atoms with van der Waals surface area (Å²) in [5.74, 6) is 0.333. The molecule has 5 nitrogen and oxygen atoms in total. The third-order valence-corrected chi connectivity index (χ3v) is 5.15. The van der Waals surface area contributed by atoms with Gasteiger partial charge in [0.2, 0.25) is 5.91 Å². The molecule has 2 heterocycles. The van der Waals surface area contributed by atoms with Gasteiger partial charge in [-0.2, -0.15) is 0 Å². The fraction of sp³-hybridized carbons (Fsp3) is 0.278. The molecule has 0 radical (unpaired) electrons. The van der Waals surface area contributed by atoms with Crippen molar-refractivity contribution in [2.24, 2.45) is 5.92 Å². The van der Waals surface area contributed by atoms with Gasteiger partial charge < -0.3 is 5.32 Å². The van der Waals surface area contributed by atoms with Crippen LogP contribution in [0.3, 0.4) is 0 Å². The van der Waals surface area contributed by atoms with Gasteiger partial charge in [-0.25, -0.2) is 4.98 Å². The molecule has 0 saturated heterocycles. The Morgan fingerprint density at radius 3 is 2.83 bits per heavy atom. The third kappa shape index (κ3) is 2.97. The molecule has 1 N–H and O–H groups in total. The first-order valence-corrected chi connectivity index (χ1v) is 8.87. The van der Waals surface area contributed by atoms with Gasteiger partial charge in [-0.1, -0.05) is 30.3 Å². The first kappa shape index (κ1) is 15.1. The van der Waals surface area contributed by atoms with Gasteiger partial charge in [-0.3, -0.25) is 14.2 Å². The van der Waals surface area contributed by atoms with Crippen LogP contribution in [0.25, 0.3) is 10.2 Å². The first-order chi connectivity index (χ1) is 11.7. The molecule has 0 unspecified atom stereocenters. The monoisotopic (exact) mass is 339 g/mol. The molecule has 0 bridgehead atoms. The van der Waals surface area contributed by atoms with Gasteiger partial charge in [0.25, 0.3) is 5.56 Å². The quantitative estimate of drug-likeness (QED) is 0.777. The molecule has 1 aromatic carbocycles. The maximum absolute atomic E-state index is 12.5. The maximum Gasteiger partial charge on any atom is 0.262 e. The molecule has 1 amide bonds. The average molecular weight is 339 g/mol. The van der Waals surface area contributed by atoms with E-state index in [1.54, 1.807) is 6.07 Å². The highest BCUT2D eigenvalue weighted by Gasteiger charge is 2.33. The van der Waals surface area contributed by atoms with E-state index >= 15 is 0 Å². The number of nitrogens with zero attached hydrogens (tertiary/aromatic N) is 2. The molecule has 2 aromatic heterocycles. The predicted molar refractivity (Wildman–Crippen MR) is 93.9 cm³/mol. The van der Waals surface area contributed by atoms with E-state index in [2.05, 4.69) is 10.3 Å². The minimum absolute atomic E-state index is 0.00628. The lowest BCUT2D eigenvalue weighted by Crippen LogP contribution is -2.35. The van der Waals surface area contributed by atoms with Crippen LogP contribution in [0.4, 0.5) is 0 Å². The molecule has 24 heavy (non-hydrogen) atoms. The molecule has 3 aromatic rings. The number of hydrogen-bond acceptors (Lipinski definition) is 4. The predicted octanol–water partition coefficient (Wildman–Crippen LogP) is 2.73. The third-order valence-electron chi connectivity index (χ3n) is 4.33. The van der Waals surface area contributed by atoms with Crippen LogP contribution in [0.15, 0.2) is 52.9 Å². The van der Waals surface area contributed by atoms with Crippen molar-refractivity contribution in [1.29, 1.82) is 0 Å². The molecular weight excluding hydrogens is 322 g/mol. The highest BCUT2D eigenvalue weighted by Crippen LogP contribution is 2.40. The second-order valence-electron chi connectivity index (χ2n) is 6.11. The summed E-state index contributed by atoms with van der Waals surface area (Å²) in [6.07, 6.45) is 3.71. The molecule has 6 heteroatoms. The zero-order valence-corrected chi connectivity index (χ0v) is 13.8. The zero-order chi connectivity index (χ0) is 16.5. The molecule has 122 valence electrons. The number of amides is 1. The van der Waals surface area contributed by atoms with Crippen LogP contribution >= 0.6 is 11.3 Å². The number of carbonyl (C=O) groups excluding carboxylic acids is 1. The smallest absolute Gasteiger partial charge is 0.262 e. The normalized spacial score (nSPS) is 15.3. The van der Waals surface area contributed by atoms with Crippen molar-refractivity contribution < 1.29 is 4.79 Å². The Morgan fingerprint density at radius 2 is 2.08 bits per heavy atom. The van der Waals surface area contributed by atoms with E-state index < -0.39 is 0 Å². The SMILES string of the molecule is O=C(Cn1cnc2sccc2c1=O)N[C@@H](c1ccccc1)C1CC1. The number of rotatable bonds is 5. The highest BCUT2D eigenvalue weighted by molar-refractivity contribution is 7.16. The summed E-state index contributed by atoms with van der Waals surface area (Å²) in [4.78, 5) is 29.8. The van der Waals surface area contributed by atoms with E-state index in [9.17, 15) is 9.59 Å². The lowest BCUT2D eigenvalue weighted by Gasteiger charge is -2.19. The van der Waals surface area contributed by atoms with Gasteiger partial charge in [0.1, 0.15) is 11.4 Å². The lowest BCUT2D eigenvalue weighted by atomic mass is 10.0. The van der Waals surface area contributed by atoms with E-state index in [0.717, 1.165) is 18.4 Å². The fourth-order valence-electron chi connectivity index (χ4n) is 2.94. The summed E-state index contributed by atoms with van der Waals surface area (Å²) in [7, 11) is 0. The largest absolute Gasteiger partial charge is 0.347 e. The van der Waals surface area contributed by atoms with E-state index in [4.69, 9.17) is 0 Å². The zero-order valence-electron chi connectivity index (χ0n) is 13.0. The van der Waals surface area contributed by atoms with Crippen molar-refractivity contribution in [3.8, 4) is 0 Å². The van der Waals surface area contributed by atoms with Crippen molar-refractivity contribution >= 4 is 27.5 Å². The van der Waals surface area contributed by atoms with E-state index in [1.807, 2.05) is 35.7 Å². The first-order valence-electron chi connectivity index (χ1n) is 7.99. The fourth-order valence-corrected chi connectivity index (χ4v) is 3.67. The van der Waals surface area contributed by atoms with Crippen molar-refractivity contribution in [3.63, 3.8) is 0 Å². The summed E-state index contributed by atoms with van der Waals surface area (Å²) in [5.41, 5.74) is 0.950. The average Bonchev–Trinajstić information content (AvgIpc) is 3.32. The number of fused-ring (bicyclic) bond motifs is 1. The topological polar surface area (TPSA) is 64.0 Å². The molecule has 1 aliphatic rings. The summed E-state index contributed by atoms with van der Waals surface area (Å²) >= 11 is 1.42. The molecule has 0 spiro atoms. The Labute approximate surface area is 143 Å². The number of nitrogens with one attached hydrogen (secondary N) is 1. The second-order valence-corrected chi connectivity index (χ2v) is 7.00. The summed E-state index contributed by atoms with van der Waals surface area (Å²) < 4.78 is 1.37.